The van der Waals surface area contributed by atoms with E-state index < -0.39 is 28.3 Å². The molecule has 0 saturated heterocycles. The van der Waals surface area contributed by atoms with Crippen molar-refractivity contribution in [1.82, 2.24) is 4.98 Å². The lowest BCUT2D eigenvalue weighted by atomic mass is 10.1. The summed E-state index contributed by atoms with van der Waals surface area (Å²) in [6, 6.07) is 2.24. The van der Waals surface area contributed by atoms with Gasteiger partial charge in [0.25, 0.3) is 6.43 Å². The summed E-state index contributed by atoms with van der Waals surface area (Å²) in [6.07, 6.45) is -3.05. The molecule has 0 aromatic carbocycles. The number of nitriles is 1. The van der Waals surface area contributed by atoms with Crippen LogP contribution in [0.4, 0.5) is 14.5 Å². The van der Waals surface area contributed by atoms with Gasteiger partial charge in [-0.25, -0.2) is 13.8 Å². The van der Waals surface area contributed by atoms with Crippen LogP contribution in [0, 0.1) is 21.4 Å². The smallest absolute Gasteiger partial charge is 0.314 e. The standard InChI is InChI=1S/C8H6F2N4O2/c9-8(10)5-1-4(2-11)13-6(3-12)7(5)14(15)16/h1,8H,2,11H2. The topological polar surface area (TPSA) is 106 Å². The molecule has 0 aliphatic carbocycles. The van der Waals surface area contributed by atoms with Gasteiger partial charge in [0, 0.05) is 6.54 Å². The first-order valence-electron chi connectivity index (χ1n) is 4.07. The number of nitrogens with two attached hydrogens (primary N) is 1. The van der Waals surface area contributed by atoms with Crippen molar-refractivity contribution in [3.8, 4) is 6.07 Å². The van der Waals surface area contributed by atoms with Gasteiger partial charge in [0.2, 0.25) is 5.69 Å². The van der Waals surface area contributed by atoms with Crippen LogP contribution in [0.15, 0.2) is 6.07 Å². The average Bonchev–Trinajstić information content (AvgIpc) is 2.26. The van der Waals surface area contributed by atoms with E-state index in [2.05, 4.69) is 4.98 Å². The number of hydrogen-bond donors (Lipinski definition) is 1. The van der Waals surface area contributed by atoms with E-state index in [1.807, 2.05) is 0 Å². The van der Waals surface area contributed by atoms with Crippen LogP contribution in [-0.4, -0.2) is 9.91 Å². The summed E-state index contributed by atoms with van der Waals surface area (Å²) in [5.41, 5.74) is 2.74. The fourth-order valence-electron chi connectivity index (χ4n) is 1.15. The van der Waals surface area contributed by atoms with E-state index in [9.17, 15) is 18.9 Å². The molecule has 84 valence electrons. The van der Waals surface area contributed by atoms with Crippen LogP contribution < -0.4 is 5.73 Å². The number of nitrogens with zero attached hydrogens (tertiary/aromatic N) is 3. The average molecular weight is 228 g/mol. The molecule has 0 unspecified atom stereocenters. The molecule has 2 N–H and O–H groups in total. The van der Waals surface area contributed by atoms with Crippen molar-refractivity contribution in [3.63, 3.8) is 0 Å². The summed E-state index contributed by atoms with van der Waals surface area (Å²) in [5.74, 6) is 0. The zero-order chi connectivity index (χ0) is 12.3. The van der Waals surface area contributed by atoms with Gasteiger partial charge in [0.05, 0.1) is 10.6 Å². The summed E-state index contributed by atoms with van der Waals surface area (Å²) >= 11 is 0. The zero-order valence-electron chi connectivity index (χ0n) is 7.85. The molecule has 0 fully saturated rings. The first kappa shape index (κ1) is 11.9. The number of nitro groups is 1. The lowest BCUT2D eigenvalue weighted by Gasteiger charge is -2.05. The van der Waals surface area contributed by atoms with Crippen LogP contribution in [-0.2, 0) is 6.54 Å². The van der Waals surface area contributed by atoms with E-state index in [1.54, 1.807) is 0 Å². The van der Waals surface area contributed by atoms with Gasteiger partial charge in [-0.3, -0.25) is 10.1 Å². The van der Waals surface area contributed by atoms with Crippen molar-refractivity contribution in [3.05, 3.63) is 33.1 Å². The van der Waals surface area contributed by atoms with Gasteiger partial charge in [-0.1, -0.05) is 0 Å². The number of alkyl halides is 2. The number of halogens is 2. The SMILES string of the molecule is N#Cc1nc(CN)cc(C(F)F)c1[N+](=O)[O-]. The van der Waals surface area contributed by atoms with Gasteiger partial charge in [-0.05, 0) is 6.07 Å². The highest BCUT2D eigenvalue weighted by Gasteiger charge is 2.27. The number of pyridine rings is 1. The second-order valence-corrected chi connectivity index (χ2v) is 2.77. The Morgan fingerprint density at radius 3 is 2.69 bits per heavy atom. The van der Waals surface area contributed by atoms with Crippen molar-refractivity contribution in [1.29, 1.82) is 5.26 Å². The highest BCUT2D eigenvalue weighted by Crippen LogP contribution is 2.31. The fraction of sp³-hybridized carbons (Fsp3) is 0.250. The van der Waals surface area contributed by atoms with Crippen LogP contribution in [0.25, 0.3) is 0 Å². The van der Waals surface area contributed by atoms with E-state index in [4.69, 9.17) is 11.0 Å². The second-order valence-electron chi connectivity index (χ2n) is 2.77. The summed E-state index contributed by atoms with van der Waals surface area (Å²) in [5, 5.41) is 19.1. The van der Waals surface area contributed by atoms with Gasteiger partial charge in [0.1, 0.15) is 11.6 Å². The Labute approximate surface area is 88.5 Å². The Balaban J connectivity index is 3.55. The third-order valence-electron chi connectivity index (χ3n) is 1.81. The first-order valence-corrected chi connectivity index (χ1v) is 4.07. The summed E-state index contributed by atoms with van der Waals surface area (Å²) in [6.45, 7) is -0.174. The summed E-state index contributed by atoms with van der Waals surface area (Å²) in [4.78, 5) is 13.0. The molecule has 0 aliphatic heterocycles. The van der Waals surface area contributed by atoms with E-state index in [-0.39, 0.29) is 12.2 Å². The molecule has 1 heterocycles. The lowest BCUT2D eigenvalue weighted by Crippen LogP contribution is -2.07. The second kappa shape index (κ2) is 4.59. The Kier molecular flexibility index (Phi) is 3.42. The number of rotatable bonds is 3. The number of hydrogen-bond acceptors (Lipinski definition) is 5. The van der Waals surface area contributed by atoms with E-state index in [0.29, 0.717) is 0 Å². The Morgan fingerprint density at radius 2 is 2.31 bits per heavy atom. The normalized spacial score (nSPS) is 10.2. The van der Waals surface area contributed by atoms with Crippen LogP contribution >= 0.6 is 0 Å². The zero-order valence-corrected chi connectivity index (χ0v) is 7.85. The van der Waals surface area contributed by atoms with Crippen LogP contribution in [0.1, 0.15) is 23.4 Å². The molecular formula is C8H6F2N4O2. The van der Waals surface area contributed by atoms with E-state index in [1.165, 1.54) is 6.07 Å². The molecule has 1 aromatic heterocycles. The molecule has 16 heavy (non-hydrogen) atoms. The molecule has 0 amide bonds. The third-order valence-corrected chi connectivity index (χ3v) is 1.81. The Hall–Kier alpha value is -2.14. The quantitative estimate of drug-likeness (QED) is 0.619. The van der Waals surface area contributed by atoms with Crippen molar-refractivity contribution in [2.24, 2.45) is 5.73 Å². The molecule has 0 saturated carbocycles. The maximum atomic E-state index is 12.5. The molecule has 0 spiro atoms. The fourth-order valence-corrected chi connectivity index (χ4v) is 1.15. The van der Waals surface area contributed by atoms with Crippen LogP contribution in [0.5, 0.6) is 0 Å². The van der Waals surface area contributed by atoms with Gasteiger partial charge in [-0.15, -0.1) is 0 Å². The highest BCUT2D eigenvalue weighted by molar-refractivity contribution is 5.51. The molecule has 0 aliphatic rings. The molecule has 6 nitrogen and oxygen atoms in total. The monoisotopic (exact) mass is 228 g/mol. The Bertz CT molecular complexity index is 470. The minimum absolute atomic E-state index is 0.0115. The molecule has 1 aromatic rings. The maximum Gasteiger partial charge on any atom is 0.314 e. The predicted octanol–water partition coefficient (Wildman–Crippen LogP) is 1.26. The minimum atomic E-state index is -3.05. The molecule has 0 bridgehead atoms. The molecule has 8 heteroatoms. The molecule has 0 atom stereocenters. The highest BCUT2D eigenvalue weighted by atomic mass is 19.3. The molecule has 1 rings (SSSR count). The summed E-state index contributed by atoms with van der Waals surface area (Å²) < 4.78 is 25.1. The molecular weight excluding hydrogens is 222 g/mol. The van der Waals surface area contributed by atoms with Gasteiger partial charge < -0.3 is 5.73 Å². The van der Waals surface area contributed by atoms with Crippen molar-refractivity contribution < 1.29 is 13.7 Å². The van der Waals surface area contributed by atoms with Crippen molar-refractivity contribution in [2.45, 2.75) is 13.0 Å². The first-order chi connectivity index (χ1) is 7.51. The van der Waals surface area contributed by atoms with E-state index in [0.717, 1.165) is 6.07 Å². The maximum absolute atomic E-state index is 12.5. The van der Waals surface area contributed by atoms with Crippen LogP contribution in [0.3, 0.4) is 0 Å². The minimum Gasteiger partial charge on any atom is -0.325 e. The van der Waals surface area contributed by atoms with Gasteiger partial charge in [0.15, 0.2) is 0 Å². The molecule has 0 radical (unpaired) electrons. The van der Waals surface area contributed by atoms with Crippen LogP contribution in [0.2, 0.25) is 0 Å². The van der Waals surface area contributed by atoms with Gasteiger partial charge >= 0.3 is 5.69 Å². The van der Waals surface area contributed by atoms with Gasteiger partial charge in [-0.2, -0.15) is 5.26 Å². The Morgan fingerprint density at radius 1 is 1.69 bits per heavy atom. The predicted molar refractivity (Wildman–Crippen MR) is 48.5 cm³/mol. The summed E-state index contributed by atoms with van der Waals surface area (Å²) in [7, 11) is 0. The van der Waals surface area contributed by atoms with E-state index >= 15 is 0 Å². The third kappa shape index (κ3) is 2.09. The van der Waals surface area contributed by atoms with Crippen molar-refractivity contribution in [2.75, 3.05) is 0 Å². The number of aromatic nitrogens is 1. The largest absolute Gasteiger partial charge is 0.325 e. The lowest BCUT2D eigenvalue weighted by molar-refractivity contribution is -0.386. The van der Waals surface area contributed by atoms with Crippen molar-refractivity contribution >= 4 is 5.69 Å².